The molecule has 2 aliphatic heterocycles. The van der Waals surface area contributed by atoms with Gasteiger partial charge < -0.3 is 4.74 Å². The first-order chi connectivity index (χ1) is 14.3. The van der Waals surface area contributed by atoms with Crippen molar-refractivity contribution in [2.24, 2.45) is 0 Å². The Balaban J connectivity index is 0.00000272. The Labute approximate surface area is 176 Å². The zero-order chi connectivity index (χ0) is 21.5. The third-order valence-corrected chi connectivity index (χ3v) is 6.22. The average molecular weight is 452 g/mol. The highest BCUT2D eigenvalue weighted by atomic mass is 32.2. The molecule has 2 aromatic rings. The highest BCUT2D eigenvalue weighted by molar-refractivity contribution is 7.91. The summed E-state index contributed by atoms with van der Waals surface area (Å²) in [6, 6.07) is 3.73. The molecule has 3 heterocycles. The Hall–Kier alpha value is -3.40. The zero-order valence-electron chi connectivity index (χ0n) is 15.3. The van der Waals surface area contributed by atoms with Crippen LogP contribution in [0.3, 0.4) is 0 Å². The van der Waals surface area contributed by atoms with Gasteiger partial charge in [-0.15, -0.1) is 5.10 Å². The summed E-state index contributed by atoms with van der Waals surface area (Å²) in [5.41, 5.74) is -0.0537. The summed E-state index contributed by atoms with van der Waals surface area (Å²) < 4.78 is 57.6. The number of aromatic nitrogens is 4. The van der Waals surface area contributed by atoms with Gasteiger partial charge in [0.2, 0.25) is 0 Å². The molecule has 2 aliphatic rings. The van der Waals surface area contributed by atoms with Gasteiger partial charge in [0.05, 0.1) is 23.7 Å². The molecule has 1 amide bonds. The summed E-state index contributed by atoms with van der Waals surface area (Å²) in [6.45, 7) is 0.00273. The Morgan fingerprint density at radius 3 is 2.58 bits per heavy atom. The molecule has 1 aromatic heterocycles. The monoisotopic (exact) mass is 452 g/mol. The molecule has 0 saturated carbocycles. The number of hydrogen-bond donors (Lipinski definition) is 0. The average Bonchev–Trinajstić information content (AvgIpc) is 3.28. The van der Waals surface area contributed by atoms with Gasteiger partial charge in [-0.2, -0.15) is 10.1 Å². The largest absolute Gasteiger partial charge is 0.442 e. The number of cyclic esters (lactones) is 1. The highest BCUT2D eigenvalue weighted by Crippen LogP contribution is 2.32. The molecule has 31 heavy (non-hydrogen) atoms. The van der Waals surface area contributed by atoms with Crippen LogP contribution in [0.15, 0.2) is 18.2 Å². The van der Waals surface area contributed by atoms with E-state index in [1.165, 1.54) is 6.08 Å². The Morgan fingerprint density at radius 1 is 1.29 bits per heavy atom. The van der Waals surface area contributed by atoms with Gasteiger partial charge >= 0.3 is 6.09 Å². The van der Waals surface area contributed by atoms with Crippen molar-refractivity contribution < 1.29 is 26.7 Å². The predicted molar refractivity (Wildman–Crippen MR) is 104 cm³/mol. The fraction of sp³-hybridized carbons (Fsp3) is 0.389. The van der Waals surface area contributed by atoms with Crippen LogP contribution in [0, 0.1) is 23.0 Å². The fourth-order valence-corrected chi connectivity index (χ4v) is 4.46. The summed E-state index contributed by atoms with van der Waals surface area (Å²) in [4.78, 5) is 14.3. The first-order valence-electron chi connectivity index (χ1n) is 8.80. The van der Waals surface area contributed by atoms with Crippen LogP contribution in [0.4, 0.5) is 19.3 Å². The summed E-state index contributed by atoms with van der Waals surface area (Å²) in [5, 5.41) is 19.6. The van der Waals surface area contributed by atoms with Crippen molar-refractivity contribution >= 4 is 27.2 Å². The molecule has 0 N–H and O–H groups in total. The Kier molecular flexibility index (Phi) is 6.03. The van der Waals surface area contributed by atoms with Crippen molar-refractivity contribution in [3.05, 3.63) is 41.2 Å². The number of benzene rings is 1. The molecule has 13 heteroatoms. The number of nitrogens with zero attached hydrogens (tertiary/aromatic N) is 6. The summed E-state index contributed by atoms with van der Waals surface area (Å²) in [7, 11) is -3.24. The Bertz CT molecular complexity index is 1180. The first-order valence-corrected chi connectivity index (χ1v) is 10.6. The number of amides is 1. The van der Waals surface area contributed by atoms with Crippen molar-refractivity contribution in [1.29, 1.82) is 5.26 Å². The van der Waals surface area contributed by atoms with E-state index in [0.717, 1.165) is 21.8 Å². The molecule has 1 aromatic carbocycles. The fourth-order valence-electron chi connectivity index (χ4n) is 3.30. The van der Waals surface area contributed by atoms with Crippen LogP contribution < -0.4 is 4.90 Å². The minimum Gasteiger partial charge on any atom is -0.442 e. The van der Waals surface area contributed by atoms with Gasteiger partial charge in [0.1, 0.15) is 30.4 Å². The minimum atomic E-state index is -3.24. The standard InChI is InChI=1S/C17H14F2N6O4S.CH4/c18-13-5-11(6-14(19)16(13)10-1-3-30(27,28)4-2-10)24-8-12(29-17(24)26)9-25-22-15(7-20)21-23-25;/h1,5-6,12H,2-4,8-9H2;1H4. The smallest absolute Gasteiger partial charge is 0.414 e. The number of allylic oxidation sites excluding steroid dienone is 1. The molecule has 0 aliphatic carbocycles. The van der Waals surface area contributed by atoms with Gasteiger partial charge in [-0.05, 0) is 29.3 Å². The number of halogens is 2. The van der Waals surface area contributed by atoms with E-state index in [1.54, 1.807) is 6.07 Å². The number of rotatable bonds is 4. The second kappa shape index (κ2) is 8.38. The molecule has 4 rings (SSSR count). The van der Waals surface area contributed by atoms with E-state index < -0.39 is 33.7 Å². The van der Waals surface area contributed by atoms with Crippen molar-refractivity contribution in [2.75, 3.05) is 23.0 Å². The van der Waals surface area contributed by atoms with Crippen LogP contribution in [0.1, 0.15) is 25.2 Å². The molecule has 164 valence electrons. The lowest BCUT2D eigenvalue weighted by Gasteiger charge is -2.18. The summed E-state index contributed by atoms with van der Waals surface area (Å²) >= 11 is 0. The maximum atomic E-state index is 14.7. The van der Waals surface area contributed by atoms with Crippen molar-refractivity contribution in [1.82, 2.24) is 20.2 Å². The van der Waals surface area contributed by atoms with Gasteiger partial charge in [-0.25, -0.2) is 22.0 Å². The van der Waals surface area contributed by atoms with Gasteiger partial charge in [-0.1, -0.05) is 18.6 Å². The maximum Gasteiger partial charge on any atom is 0.414 e. The van der Waals surface area contributed by atoms with Crippen LogP contribution in [-0.2, 0) is 21.1 Å². The topological polar surface area (TPSA) is 131 Å². The van der Waals surface area contributed by atoms with Crippen LogP contribution in [0.5, 0.6) is 0 Å². The number of nitriles is 1. The Morgan fingerprint density at radius 2 is 2.00 bits per heavy atom. The second-order valence-electron chi connectivity index (χ2n) is 6.77. The van der Waals surface area contributed by atoms with Gasteiger partial charge in [-0.3, -0.25) is 4.90 Å². The van der Waals surface area contributed by atoms with Gasteiger partial charge in [0, 0.05) is 5.56 Å². The predicted octanol–water partition coefficient (Wildman–Crippen LogP) is 1.69. The quantitative estimate of drug-likeness (QED) is 0.685. The normalized spacial score (nSPS) is 19.9. The lowest BCUT2D eigenvalue weighted by atomic mass is 10.0. The lowest BCUT2D eigenvalue weighted by Crippen LogP contribution is -2.27. The zero-order valence-corrected chi connectivity index (χ0v) is 16.1. The second-order valence-corrected chi connectivity index (χ2v) is 9.00. The van der Waals surface area contributed by atoms with Gasteiger partial charge in [0.25, 0.3) is 5.82 Å². The molecular weight excluding hydrogens is 434 g/mol. The third-order valence-electron chi connectivity index (χ3n) is 4.72. The number of sulfone groups is 1. The minimum absolute atomic E-state index is 0. The lowest BCUT2D eigenvalue weighted by molar-refractivity contribution is 0.126. The number of ether oxygens (including phenoxy) is 1. The van der Waals surface area contributed by atoms with E-state index in [2.05, 4.69) is 15.4 Å². The van der Waals surface area contributed by atoms with Gasteiger partial charge in [0.15, 0.2) is 9.84 Å². The molecule has 1 atom stereocenters. The van der Waals surface area contributed by atoms with E-state index >= 15 is 0 Å². The number of carbonyl (C=O) groups excluding carboxylic acids is 1. The first kappa shape index (κ1) is 22.3. The molecule has 0 spiro atoms. The van der Waals surface area contributed by atoms with Crippen molar-refractivity contribution in [2.45, 2.75) is 26.5 Å². The van der Waals surface area contributed by atoms with Crippen LogP contribution in [0.25, 0.3) is 5.57 Å². The number of carbonyl (C=O) groups is 1. The number of hydrogen-bond acceptors (Lipinski definition) is 8. The van der Waals surface area contributed by atoms with Crippen LogP contribution in [-0.4, -0.2) is 58.9 Å². The summed E-state index contributed by atoms with van der Waals surface area (Å²) in [6.07, 6.45) is -0.190. The molecule has 0 bridgehead atoms. The maximum absolute atomic E-state index is 14.7. The van der Waals surface area contributed by atoms with E-state index in [-0.39, 0.29) is 61.1 Å². The summed E-state index contributed by atoms with van der Waals surface area (Å²) in [5.74, 6) is -2.39. The third kappa shape index (κ3) is 4.53. The van der Waals surface area contributed by atoms with Crippen molar-refractivity contribution in [3.63, 3.8) is 0 Å². The van der Waals surface area contributed by atoms with E-state index in [4.69, 9.17) is 10.00 Å². The van der Waals surface area contributed by atoms with E-state index in [1.807, 2.05) is 0 Å². The number of anilines is 1. The van der Waals surface area contributed by atoms with Crippen LogP contribution >= 0.6 is 0 Å². The van der Waals surface area contributed by atoms with E-state index in [0.29, 0.717) is 0 Å². The molecule has 1 unspecified atom stereocenters. The van der Waals surface area contributed by atoms with Crippen LogP contribution in [0.2, 0.25) is 0 Å². The SMILES string of the molecule is C.N#Cc1nnn(CC2CN(c3cc(F)c(C4=CCS(=O)(=O)CC4)c(F)c3)C(=O)O2)n1. The van der Waals surface area contributed by atoms with Crippen molar-refractivity contribution in [3.8, 4) is 6.07 Å². The molecule has 1 saturated heterocycles. The molecular formula is C18H18F2N6O4S. The molecule has 10 nitrogen and oxygen atoms in total. The van der Waals surface area contributed by atoms with E-state index in [9.17, 15) is 22.0 Å². The highest BCUT2D eigenvalue weighted by Gasteiger charge is 2.34. The number of tetrazole rings is 1. The molecule has 1 fully saturated rings. The molecule has 0 radical (unpaired) electrons.